The second kappa shape index (κ2) is 4.27. The van der Waals surface area contributed by atoms with Crippen molar-refractivity contribution in [3.05, 3.63) is 23.7 Å². The fourth-order valence-corrected chi connectivity index (χ4v) is 1.68. The van der Waals surface area contributed by atoms with Gasteiger partial charge in [0.25, 0.3) is 0 Å². The molecule has 1 aliphatic carbocycles. The van der Waals surface area contributed by atoms with Gasteiger partial charge in [-0.15, -0.1) is 0 Å². The zero-order valence-corrected chi connectivity index (χ0v) is 8.90. The molecule has 1 saturated carbocycles. The van der Waals surface area contributed by atoms with Crippen molar-refractivity contribution in [3.8, 4) is 0 Å². The van der Waals surface area contributed by atoms with Crippen LogP contribution < -0.4 is 5.32 Å². The fourth-order valence-electron chi connectivity index (χ4n) is 1.68. The summed E-state index contributed by atoms with van der Waals surface area (Å²) in [6.07, 6.45) is 3.43. The smallest absolute Gasteiger partial charge is 0.339 e. The molecule has 1 heterocycles. The molecule has 5 heteroatoms. The van der Waals surface area contributed by atoms with E-state index in [1.54, 1.807) is 0 Å². The Morgan fingerprint density at radius 1 is 1.56 bits per heavy atom. The van der Waals surface area contributed by atoms with Gasteiger partial charge < -0.3 is 19.9 Å². The molecule has 16 heavy (non-hydrogen) atoms. The number of furan rings is 1. The third-order valence-corrected chi connectivity index (χ3v) is 3.05. The third-order valence-electron chi connectivity index (χ3n) is 3.05. The number of hydrogen-bond acceptors (Lipinski definition) is 4. The number of hydrogen-bond donors (Lipinski definition) is 3. The lowest BCUT2D eigenvalue weighted by Gasteiger charge is -2.11. The lowest BCUT2D eigenvalue weighted by molar-refractivity contribution is 0.0694. The molecule has 0 spiro atoms. The first-order valence-electron chi connectivity index (χ1n) is 5.28. The van der Waals surface area contributed by atoms with Crippen LogP contribution in [0.1, 0.15) is 29.0 Å². The summed E-state index contributed by atoms with van der Waals surface area (Å²) >= 11 is 0. The van der Waals surface area contributed by atoms with Gasteiger partial charge in [0.2, 0.25) is 0 Å². The van der Waals surface area contributed by atoms with E-state index in [1.807, 2.05) is 0 Å². The van der Waals surface area contributed by atoms with Crippen molar-refractivity contribution < 1.29 is 19.4 Å². The molecule has 0 radical (unpaired) electrons. The summed E-state index contributed by atoms with van der Waals surface area (Å²) < 4.78 is 5.09. The molecule has 2 rings (SSSR count). The number of nitrogens with one attached hydrogen (secondary N) is 1. The molecule has 0 bridgehead atoms. The lowest BCUT2D eigenvalue weighted by Crippen LogP contribution is -2.26. The largest absolute Gasteiger partial charge is 0.478 e. The van der Waals surface area contributed by atoms with Crippen molar-refractivity contribution >= 4 is 5.97 Å². The minimum absolute atomic E-state index is 0.0238. The van der Waals surface area contributed by atoms with Gasteiger partial charge in [-0.05, 0) is 18.9 Å². The Morgan fingerprint density at radius 3 is 2.88 bits per heavy atom. The standard InChI is InChI=1S/C11H15NO4/c13-7-11(2-3-11)6-12-5-9-8(10(14)15)1-4-16-9/h1,4,12-13H,2-3,5-7H2,(H,14,15). The first-order chi connectivity index (χ1) is 7.67. The van der Waals surface area contributed by atoms with Crippen LogP contribution in [0.4, 0.5) is 0 Å². The molecule has 5 nitrogen and oxygen atoms in total. The molecular weight excluding hydrogens is 210 g/mol. The van der Waals surface area contributed by atoms with Crippen LogP contribution in [-0.4, -0.2) is 29.3 Å². The molecule has 0 aromatic carbocycles. The Balaban J connectivity index is 1.85. The van der Waals surface area contributed by atoms with Gasteiger partial charge in [-0.3, -0.25) is 0 Å². The van der Waals surface area contributed by atoms with E-state index in [2.05, 4.69) is 5.32 Å². The Morgan fingerprint density at radius 2 is 2.31 bits per heavy atom. The quantitative estimate of drug-likeness (QED) is 0.668. The highest BCUT2D eigenvalue weighted by Gasteiger charge is 2.41. The SMILES string of the molecule is O=C(O)c1ccoc1CNCC1(CO)CC1. The summed E-state index contributed by atoms with van der Waals surface area (Å²) in [6.45, 7) is 1.27. The van der Waals surface area contributed by atoms with Crippen molar-refractivity contribution in [2.75, 3.05) is 13.2 Å². The maximum atomic E-state index is 10.8. The van der Waals surface area contributed by atoms with Crippen LogP contribution >= 0.6 is 0 Å². The monoisotopic (exact) mass is 225 g/mol. The maximum absolute atomic E-state index is 10.8. The third kappa shape index (κ3) is 2.25. The summed E-state index contributed by atoms with van der Waals surface area (Å²) in [6, 6.07) is 1.44. The summed E-state index contributed by atoms with van der Waals surface area (Å²) in [5.41, 5.74) is 0.219. The van der Waals surface area contributed by atoms with Gasteiger partial charge in [-0.25, -0.2) is 4.79 Å². The molecule has 0 atom stereocenters. The lowest BCUT2D eigenvalue weighted by atomic mass is 10.1. The minimum Gasteiger partial charge on any atom is -0.478 e. The van der Waals surface area contributed by atoms with Crippen molar-refractivity contribution in [2.45, 2.75) is 19.4 Å². The highest BCUT2D eigenvalue weighted by atomic mass is 16.4. The Labute approximate surface area is 93.1 Å². The van der Waals surface area contributed by atoms with Crippen LogP contribution in [0.25, 0.3) is 0 Å². The van der Waals surface area contributed by atoms with Crippen LogP contribution in [0.5, 0.6) is 0 Å². The zero-order chi connectivity index (χ0) is 11.6. The number of rotatable bonds is 6. The highest BCUT2D eigenvalue weighted by molar-refractivity contribution is 5.88. The van der Waals surface area contributed by atoms with Crippen LogP contribution in [0.15, 0.2) is 16.7 Å². The average molecular weight is 225 g/mol. The summed E-state index contributed by atoms with van der Waals surface area (Å²) in [7, 11) is 0. The zero-order valence-electron chi connectivity index (χ0n) is 8.90. The van der Waals surface area contributed by atoms with Crippen LogP contribution in [0, 0.1) is 5.41 Å². The first-order valence-corrected chi connectivity index (χ1v) is 5.28. The van der Waals surface area contributed by atoms with Gasteiger partial charge in [0.1, 0.15) is 11.3 Å². The van der Waals surface area contributed by atoms with Gasteiger partial charge >= 0.3 is 5.97 Å². The van der Waals surface area contributed by atoms with E-state index in [4.69, 9.17) is 14.6 Å². The summed E-state index contributed by atoms with van der Waals surface area (Å²) in [4.78, 5) is 10.8. The molecule has 1 fully saturated rings. The number of carbonyl (C=O) groups is 1. The molecule has 1 aromatic heterocycles. The normalized spacial score (nSPS) is 17.3. The number of carboxylic acid groups (broad SMARTS) is 1. The van der Waals surface area contributed by atoms with Crippen LogP contribution in [-0.2, 0) is 6.54 Å². The topological polar surface area (TPSA) is 82.7 Å². The Hall–Kier alpha value is -1.33. The number of aliphatic hydroxyl groups is 1. The number of carboxylic acids is 1. The van der Waals surface area contributed by atoms with E-state index >= 15 is 0 Å². The molecule has 0 unspecified atom stereocenters. The molecule has 3 N–H and O–H groups in total. The van der Waals surface area contributed by atoms with E-state index < -0.39 is 5.97 Å². The van der Waals surface area contributed by atoms with E-state index in [1.165, 1.54) is 12.3 Å². The van der Waals surface area contributed by atoms with Crippen LogP contribution in [0.3, 0.4) is 0 Å². The molecule has 1 aromatic rings. The van der Waals surface area contributed by atoms with Gasteiger partial charge in [0.15, 0.2) is 0 Å². The summed E-state index contributed by atoms with van der Waals surface area (Å²) in [5, 5.41) is 21.1. The van der Waals surface area contributed by atoms with E-state index in [9.17, 15) is 4.79 Å². The Kier molecular flexibility index (Phi) is 2.98. The van der Waals surface area contributed by atoms with Gasteiger partial charge in [-0.1, -0.05) is 0 Å². The van der Waals surface area contributed by atoms with E-state index in [0.717, 1.165) is 12.8 Å². The maximum Gasteiger partial charge on any atom is 0.339 e. The number of aromatic carboxylic acids is 1. The van der Waals surface area contributed by atoms with Gasteiger partial charge in [-0.2, -0.15) is 0 Å². The molecule has 0 amide bonds. The van der Waals surface area contributed by atoms with Gasteiger partial charge in [0.05, 0.1) is 12.8 Å². The number of aliphatic hydroxyl groups excluding tert-OH is 1. The molecule has 0 aliphatic heterocycles. The Bertz CT molecular complexity index is 381. The predicted octanol–water partition coefficient (Wildman–Crippen LogP) is 0.840. The van der Waals surface area contributed by atoms with E-state index in [-0.39, 0.29) is 17.6 Å². The van der Waals surface area contributed by atoms with Crippen molar-refractivity contribution in [1.29, 1.82) is 0 Å². The van der Waals surface area contributed by atoms with E-state index in [0.29, 0.717) is 18.8 Å². The van der Waals surface area contributed by atoms with Crippen LogP contribution in [0.2, 0.25) is 0 Å². The predicted molar refractivity (Wildman–Crippen MR) is 56.1 cm³/mol. The molecule has 1 aliphatic rings. The van der Waals surface area contributed by atoms with Gasteiger partial charge in [0, 0.05) is 18.6 Å². The average Bonchev–Trinajstić information content (AvgIpc) is 2.88. The molecule has 0 saturated heterocycles. The highest BCUT2D eigenvalue weighted by Crippen LogP contribution is 2.44. The van der Waals surface area contributed by atoms with Crippen molar-refractivity contribution in [1.82, 2.24) is 5.32 Å². The first kappa shape index (κ1) is 11.2. The molecular formula is C11H15NO4. The van der Waals surface area contributed by atoms with Crippen molar-refractivity contribution in [3.63, 3.8) is 0 Å². The molecule has 88 valence electrons. The summed E-state index contributed by atoms with van der Waals surface area (Å²) in [5.74, 6) is -0.546. The fraction of sp³-hybridized carbons (Fsp3) is 0.545. The second-order valence-corrected chi connectivity index (χ2v) is 4.32. The second-order valence-electron chi connectivity index (χ2n) is 4.32. The minimum atomic E-state index is -0.978. The van der Waals surface area contributed by atoms with Crippen molar-refractivity contribution in [2.24, 2.45) is 5.41 Å².